The summed E-state index contributed by atoms with van der Waals surface area (Å²) in [4.78, 5) is 2.38. The van der Waals surface area contributed by atoms with Gasteiger partial charge in [-0.1, -0.05) is 133 Å². The van der Waals surface area contributed by atoms with Gasteiger partial charge in [0.2, 0.25) is 11.4 Å². The molecule has 0 radical (unpaired) electrons. The molecule has 4 nitrogen and oxygen atoms in total. The van der Waals surface area contributed by atoms with Crippen LogP contribution in [0.25, 0.3) is 38.2 Å². The van der Waals surface area contributed by atoms with Gasteiger partial charge in [-0.2, -0.15) is 4.57 Å². The van der Waals surface area contributed by atoms with Gasteiger partial charge in [-0.05, 0) is 71.8 Å². The summed E-state index contributed by atoms with van der Waals surface area (Å²) in [6.45, 7) is 1.72. The fourth-order valence-electron chi connectivity index (χ4n) is 7.07. The Morgan fingerprint density at radius 3 is 2.31 bits per heavy atom. The van der Waals surface area contributed by atoms with Crippen molar-refractivity contribution in [1.82, 2.24) is 5.32 Å². The Morgan fingerprint density at radius 2 is 1.51 bits per heavy atom. The number of anilines is 1. The maximum Gasteiger partial charge on any atom is 0.268 e. The molecule has 2 heterocycles. The number of thiazole rings is 1. The summed E-state index contributed by atoms with van der Waals surface area (Å²) in [5.41, 5.74) is 7.47. The number of rotatable bonds is 11. The zero-order chi connectivity index (χ0) is 33.0. The minimum Gasteiger partial charge on any atom is -0.438 e. The van der Waals surface area contributed by atoms with E-state index in [2.05, 4.69) is 174 Å². The molecule has 0 saturated heterocycles. The van der Waals surface area contributed by atoms with Crippen molar-refractivity contribution in [2.75, 3.05) is 18.5 Å². The Hall–Kier alpha value is -5.23. The zero-order valence-electron chi connectivity index (χ0n) is 27.8. The number of fused-ring (bicyclic) bond motifs is 4. The minimum atomic E-state index is 0.224. The van der Waals surface area contributed by atoms with Crippen molar-refractivity contribution in [1.29, 1.82) is 0 Å². The summed E-state index contributed by atoms with van der Waals surface area (Å²) in [6.07, 6.45) is 5.28. The van der Waals surface area contributed by atoms with Gasteiger partial charge in [-0.25, -0.2) is 0 Å². The van der Waals surface area contributed by atoms with E-state index in [9.17, 15) is 0 Å². The molecule has 0 amide bonds. The number of nitrogens with one attached hydrogen (secondary N) is 1. The summed E-state index contributed by atoms with van der Waals surface area (Å²) in [6, 6.07) is 52.3. The Morgan fingerprint density at radius 1 is 0.776 bits per heavy atom. The van der Waals surface area contributed by atoms with Gasteiger partial charge in [0.15, 0.2) is 12.3 Å². The van der Waals surface area contributed by atoms with Gasteiger partial charge < -0.3 is 15.0 Å². The van der Waals surface area contributed by atoms with Crippen LogP contribution in [-0.4, -0.2) is 13.6 Å². The first-order valence-electron chi connectivity index (χ1n) is 17.2. The molecule has 0 fully saturated rings. The first-order chi connectivity index (χ1) is 24.2. The quantitative estimate of drug-likeness (QED) is 0.140. The van der Waals surface area contributed by atoms with E-state index in [0.29, 0.717) is 0 Å². The van der Waals surface area contributed by atoms with Gasteiger partial charge in [0.25, 0.3) is 5.01 Å². The SMILES string of the molecule is CNC(CCN1C(=Cc2sc3ccc4ccccc4c3[n+]2CCCc2ccccc2)Oc2ccc(-c3ccccc3)cc21)c1ccccc1. The second kappa shape index (κ2) is 14.1. The normalized spacial score (nSPS) is 14.0. The molecule has 49 heavy (non-hydrogen) atoms. The summed E-state index contributed by atoms with van der Waals surface area (Å²) < 4.78 is 10.6. The highest BCUT2D eigenvalue weighted by molar-refractivity contribution is 7.19. The smallest absolute Gasteiger partial charge is 0.268 e. The van der Waals surface area contributed by atoms with Crippen molar-refractivity contribution in [3.63, 3.8) is 0 Å². The molecular formula is C44H40N3OS+. The van der Waals surface area contributed by atoms with Gasteiger partial charge in [0.05, 0.1) is 17.1 Å². The molecule has 1 unspecified atom stereocenters. The van der Waals surface area contributed by atoms with Crippen LogP contribution in [-0.2, 0) is 13.0 Å². The summed E-state index contributed by atoms with van der Waals surface area (Å²) >= 11 is 1.85. The molecular weight excluding hydrogens is 619 g/mol. The Kier molecular flexibility index (Phi) is 8.93. The zero-order valence-corrected chi connectivity index (χ0v) is 28.6. The molecule has 7 aromatic rings. The summed E-state index contributed by atoms with van der Waals surface area (Å²) in [5, 5.41) is 7.32. The number of aromatic nitrogens is 1. The second-order valence-electron chi connectivity index (χ2n) is 12.6. The molecule has 1 aliphatic heterocycles. The molecule has 5 heteroatoms. The first kappa shape index (κ1) is 31.1. The van der Waals surface area contributed by atoms with Crippen molar-refractivity contribution >= 4 is 44.1 Å². The van der Waals surface area contributed by atoms with E-state index >= 15 is 0 Å². The maximum atomic E-state index is 6.76. The average Bonchev–Trinajstić information content (AvgIpc) is 3.69. The monoisotopic (exact) mass is 658 g/mol. The molecule has 0 saturated carbocycles. The first-order valence-corrected chi connectivity index (χ1v) is 18.0. The Balaban J connectivity index is 1.20. The molecule has 8 rings (SSSR count). The van der Waals surface area contributed by atoms with Crippen LogP contribution in [0.15, 0.2) is 151 Å². The van der Waals surface area contributed by atoms with E-state index in [0.717, 1.165) is 49.7 Å². The van der Waals surface area contributed by atoms with Crippen LogP contribution >= 0.6 is 11.3 Å². The third-order valence-electron chi connectivity index (χ3n) is 9.58. The van der Waals surface area contributed by atoms with Crippen LogP contribution in [0.1, 0.15) is 35.0 Å². The number of hydrogen-bond donors (Lipinski definition) is 1. The van der Waals surface area contributed by atoms with Crippen LogP contribution in [0.3, 0.4) is 0 Å². The number of benzene rings is 6. The van der Waals surface area contributed by atoms with E-state index in [1.165, 1.54) is 48.3 Å². The lowest BCUT2D eigenvalue weighted by molar-refractivity contribution is -0.668. The van der Waals surface area contributed by atoms with E-state index < -0.39 is 0 Å². The molecule has 0 bridgehead atoms. The molecule has 1 aliphatic rings. The van der Waals surface area contributed by atoms with Crippen molar-refractivity contribution in [3.05, 3.63) is 168 Å². The molecule has 0 aliphatic carbocycles. The molecule has 1 N–H and O–H groups in total. The highest BCUT2D eigenvalue weighted by Crippen LogP contribution is 2.43. The van der Waals surface area contributed by atoms with Gasteiger partial charge in [-0.15, -0.1) is 0 Å². The fraction of sp³-hybridized carbons (Fsp3) is 0.159. The molecule has 242 valence electrons. The summed E-state index contributed by atoms with van der Waals surface area (Å²) in [7, 11) is 2.05. The highest BCUT2D eigenvalue weighted by Gasteiger charge is 2.30. The van der Waals surface area contributed by atoms with Crippen LogP contribution < -0.4 is 19.5 Å². The highest BCUT2D eigenvalue weighted by atomic mass is 32.1. The van der Waals surface area contributed by atoms with Gasteiger partial charge >= 0.3 is 0 Å². The van der Waals surface area contributed by atoms with Crippen LogP contribution in [0.5, 0.6) is 5.75 Å². The number of hydrogen-bond acceptors (Lipinski definition) is 4. The maximum absolute atomic E-state index is 6.76. The molecule has 6 aromatic carbocycles. The lowest BCUT2D eigenvalue weighted by atomic mass is 10.0. The van der Waals surface area contributed by atoms with Crippen LogP contribution in [0.4, 0.5) is 5.69 Å². The van der Waals surface area contributed by atoms with Gasteiger partial charge in [-0.3, -0.25) is 0 Å². The summed E-state index contributed by atoms with van der Waals surface area (Å²) in [5.74, 6) is 1.77. The van der Waals surface area contributed by atoms with Crippen molar-refractivity contribution in [3.8, 4) is 16.9 Å². The van der Waals surface area contributed by atoms with E-state index in [4.69, 9.17) is 4.74 Å². The van der Waals surface area contributed by atoms with Crippen molar-refractivity contribution in [2.24, 2.45) is 0 Å². The van der Waals surface area contributed by atoms with Gasteiger partial charge in [0, 0.05) is 19.0 Å². The average molecular weight is 659 g/mol. The van der Waals surface area contributed by atoms with Gasteiger partial charge in [0.1, 0.15) is 4.70 Å². The van der Waals surface area contributed by atoms with Crippen molar-refractivity contribution < 1.29 is 9.30 Å². The van der Waals surface area contributed by atoms with Crippen LogP contribution in [0.2, 0.25) is 0 Å². The fourth-order valence-corrected chi connectivity index (χ4v) is 8.20. The standard InChI is InChI=1S/C44H40N3OS/c1-45-38(35-20-9-4-10-21-35)27-29-46-39-30-36(33-17-7-3-8-18-33)23-25-40(39)48-42(46)31-43-47(28-13-16-32-14-5-2-6-15-32)44-37-22-12-11-19-34(37)24-26-41(44)49-43/h2-12,14-15,17-26,30-31,38,45H,13,16,27-29H2,1H3/q+1. The number of nitrogens with zero attached hydrogens (tertiary/aromatic N) is 2. The predicted molar refractivity (Wildman–Crippen MR) is 205 cm³/mol. The lowest BCUT2D eigenvalue weighted by Gasteiger charge is -2.23. The van der Waals surface area contributed by atoms with E-state index in [-0.39, 0.29) is 6.04 Å². The van der Waals surface area contributed by atoms with E-state index in [1.54, 1.807) is 0 Å². The number of aryl methyl sites for hydroxylation is 2. The lowest BCUT2D eigenvalue weighted by Crippen LogP contribution is -2.36. The minimum absolute atomic E-state index is 0.224. The largest absolute Gasteiger partial charge is 0.438 e. The Labute approximate surface area is 292 Å². The predicted octanol–water partition coefficient (Wildman–Crippen LogP) is 10.2. The van der Waals surface area contributed by atoms with Crippen LogP contribution in [0, 0.1) is 0 Å². The molecule has 0 spiro atoms. The Bertz CT molecular complexity index is 2230. The molecule has 1 atom stereocenters. The third-order valence-corrected chi connectivity index (χ3v) is 10.7. The molecule has 1 aromatic heterocycles. The van der Waals surface area contributed by atoms with Crippen molar-refractivity contribution in [2.45, 2.75) is 31.8 Å². The second-order valence-corrected chi connectivity index (χ2v) is 13.7. The third kappa shape index (κ3) is 6.48. The van der Waals surface area contributed by atoms with E-state index in [1.807, 2.05) is 11.3 Å². The topological polar surface area (TPSA) is 28.4 Å². The number of ether oxygens (including phenoxy) is 1.